The van der Waals surface area contributed by atoms with Crippen molar-refractivity contribution in [1.82, 2.24) is 15.2 Å². The number of piperidine rings is 1. The molecule has 0 bridgehead atoms. The van der Waals surface area contributed by atoms with Crippen LogP contribution in [0.3, 0.4) is 0 Å². The zero-order valence-electron chi connectivity index (χ0n) is 12.7. The van der Waals surface area contributed by atoms with Gasteiger partial charge in [0, 0.05) is 31.4 Å². The maximum absolute atomic E-state index is 12.8. The Hall–Kier alpha value is -1.42. The fourth-order valence-electron chi connectivity index (χ4n) is 2.97. The highest BCUT2D eigenvalue weighted by atomic mass is 16.2. The van der Waals surface area contributed by atoms with Gasteiger partial charge in [0.2, 0.25) is 5.91 Å². The number of carbonyl (C=O) groups excluding carboxylic acids is 1. The number of amides is 1. The van der Waals surface area contributed by atoms with E-state index in [2.05, 4.69) is 24.1 Å². The molecule has 0 spiro atoms. The molecule has 0 aliphatic carbocycles. The molecule has 1 fully saturated rings. The van der Waals surface area contributed by atoms with Crippen molar-refractivity contribution in [3.63, 3.8) is 0 Å². The van der Waals surface area contributed by atoms with Crippen molar-refractivity contribution in [2.24, 2.45) is 11.3 Å². The third-order valence-corrected chi connectivity index (χ3v) is 4.38. The molecule has 1 saturated heterocycles. The Balaban J connectivity index is 2.01. The Labute approximate surface area is 121 Å². The summed E-state index contributed by atoms with van der Waals surface area (Å²) >= 11 is 0. The molecule has 1 unspecified atom stereocenters. The Kier molecular flexibility index (Phi) is 4.76. The van der Waals surface area contributed by atoms with E-state index in [1.54, 1.807) is 12.4 Å². The molecule has 1 aromatic heterocycles. The number of hydrogen-bond donors (Lipinski definition) is 1. The summed E-state index contributed by atoms with van der Waals surface area (Å²) < 4.78 is 0. The Morgan fingerprint density at radius 3 is 2.75 bits per heavy atom. The van der Waals surface area contributed by atoms with Crippen molar-refractivity contribution in [3.05, 3.63) is 30.1 Å². The molecule has 110 valence electrons. The van der Waals surface area contributed by atoms with Crippen molar-refractivity contribution < 1.29 is 4.79 Å². The van der Waals surface area contributed by atoms with Crippen LogP contribution in [0.25, 0.3) is 0 Å². The molecular weight excluding hydrogens is 250 g/mol. The average molecular weight is 275 g/mol. The topological polar surface area (TPSA) is 45.2 Å². The van der Waals surface area contributed by atoms with Gasteiger partial charge in [0.05, 0.1) is 0 Å². The first-order chi connectivity index (χ1) is 9.51. The maximum Gasteiger partial charge on any atom is 0.228 e. The third kappa shape index (κ3) is 3.37. The number of carbonyl (C=O) groups is 1. The van der Waals surface area contributed by atoms with Crippen LogP contribution >= 0.6 is 0 Å². The molecule has 1 atom stereocenters. The van der Waals surface area contributed by atoms with Gasteiger partial charge in [-0.1, -0.05) is 13.8 Å². The van der Waals surface area contributed by atoms with Crippen molar-refractivity contribution in [2.45, 2.75) is 33.2 Å². The highest BCUT2D eigenvalue weighted by Gasteiger charge is 2.38. The van der Waals surface area contributed by atoms with Crippen LogP contribution in [0, 0.1) is 11.3 Å². The van der Waals surface area contributed by atoms with E-state index in [9.17, 15) is 4.79 Å². The molecule has 0 saturated carbocycles. The minimum Gasteiger partial charge on any atom is -0.341 e. The fourth-order valence-corrected chi connectivity index (χ4v) is 2.97. The van der Waals surface area contributed by atoms with Crippen LogP contribution in [0.15, 0.2) is 24.5 Å². The lowest BCUT2D eigenvalue weighted by atomic mass is 9.74. The predicted octanol–water partition coefficient (Wildman–Crippen LogP) is 2.07. The second-order valence-electron chi connectivity index (χ2n) is 6.28. The molecule has 0 radical (unpaired) electrons. The lowest BCUT2D eigenvalue weighted by molar-refractivity contribution is -0.143. The molecule has 20 heavy (non-hydrogen) atoms. The van der Waals surface area contributed by atoms with Gasteiger partial charge in [-0.15, -0.1) is 0 Å². The van der Waals surface area contributed by atoms with Crippen molar-refractivity contribution >= 4 is 5.91 Å². The van der Waals surface area contributed by atoms with Gasteiger partial charge in [-0.05, 0) is 49.5 Å². The average Bonchev–Trinajstić information content (AvgIpc) is 2.48. The zero-order valence-corrected chi connectivity index (χ0v) is 12.7. The van der Waals surface area contributed by atoms with E-state index in [4.69, 9.17) is 0 Å². The molecule has 1 aromatic rings. The first-order valence-corrected chi connectivity index (χ1v) is 7.37. The van der Waals surface area contributed by atoms with E-state index >= 15 is 0 Å². The molecule has 1 aliphatic rings. The van der Waals surface area contributed by atoms with Crippen LogP contribution in [-0.4, -0.2) is 35.9 Å². The predicted molar refractivity (Wildman–Crippen MR) is 80.1 cm³/mol. The first-order valence-electron chi connectivity index (χ1n) is 7.37. The summed E-state index contributed by atoms with van der Waals surface area (Å²) in [6.45, 7) is 6.83. The van der Waals surface area contributed by atoms with Crippen molar-refractivity contribution in [3.8, 4) is 0 Å². The molecule has 4 heteroatoms. The Morgan fingerprint density at radius 2 is 2.15 bits per heavy atom. The summed E-state index contributed by atoms with van der Waals surface area (Å²) in [4.78, 5) is 18.6. The SMILES string of the molecule is CN(Cc1ccncc1)C(=O)C(C)(C)C1CCCNC1. The molecule has 0 aromatic carbocycles. The minimum absolute atomic E-state index is 0.225. The summed E-state index contributed by atoms with van der Waals surface area (Å²) in [5.41, 5.74) is 0.809. The number of nitrogens with zero attached hydrogens (tertiary/aromatic N) is 2. The van der Waals surface area contributed by atoms with E-state index in [-0.39, 0.29) is 11.3 Å². The lowest BCUT2D eigenvalue weighted by Crippen LogP contribution is -2.47. The molecule has 2 heterocycles. The van der Waals surface area contributed by atoms with Crippen LogP contribution in [0.1, 0.15) is 32.3 Å². The number of aromatic nitrogens is 1. The monoisotopic (exact) mass is 275 g/mol. The second kappa shape index (κ2) is 6.35. The first kappa shape index (κ1) is 15.0. The van der Waals surface area contributed by atoms with E-state index in [1.165, 1.54) is 0 Å². The van der Waals surface area contributed by atoms with Gasteiger partial charge in [-0.25, -0.2) is 0 Å². The summed E-state index contributed by atoms with van der Waals surface area (Å²) in [5.74, 6) is 0.645. The quantitative estimate of drug-likeness (QED) is 0.915. The summed E-state index contributed by atoms with van der Waals surface area (Å²) in [5, 5.41) is 3.41. The van der Waals surface area contributed by atoms with E-state index in [0.717, 1.165) is 31.5 Å². The van der Waals surface area contributed by atoms with Crippen molar-refractivity contribution in [1.29, 1.82) is 0 Å². The van der Waals surface area contributed by atoms with Gasteiger partial charge in [-0.3, -0.25) is 9.78 Å². The standard InChI is InChI=1S/C16H25N3O/c1-16(2,14-5-4-8-18-11-14)15(20)19(3)12-13-6-9-17-10-7-13/h6-7,9-10,14,18H,4-5,8,11-12H2,1-3H3. The largest absolute Gasteiger partial charge is 0.341 e. The van der Waals surface area contributed by atoms with E-state index < -0.39 is 0 Å². The van der Waals surface area contributed by atoms with Crippen LogP contribution in [0.5, 0.6) is 0 Å². The Morgan fingerprint density at radius 1 is 1.45 bits per heavy atom. The van der Waals surface area contributed by atoms with Crippen LogP contribution in [0.2, 0.25) is 0 Å². The fraction of sp³-hybridized carbons (Fsp3) is 0.625. The highest BCUT2D eigenvalue weighted by molar-refractivity contribution is 5.82. The zero-order chi connectivity index (χ0) is 14.6. The van der Waals surface area contributed by atoms with Gasteiger partial charge in [-0.2, -0.15) is 0 Å². The van der Waals surface area contributed by atoms with E-state index in [0.29, 0.717) is 12.5 Å². The second-order valence-corrected chi connectivity index (χ2v) is 6.28. The Bertz CT molecular complexity index is 438. The van der Waals surface area contributed by atoms with Gasteiger partial charge in [0.1, 0.15) is 0 Å². The number of hydrogen-bond acceptors (Lipinski definition) is 3. The summed E-state index contributed by atoms with van der Waals surface area (Å²) in [7, 11) is 1.89. The smallest absolute Gasteiger partial charge is 0.228 e. The van der Waals surface area contributed by atoms with Crippen LogP contribution in [0.4, 0.5) is 0 Å². The number of rotatable bonds is 4. The van der Waals surface area contributed by atoms with Gasteiger partial charge < -0.3 is 10.2 Å². The maximum atomic E-state index is 12.8. The van der Waals surface area contributed by atoms with Gasteiger partial charge in [0.15, 0.2) is 0 Å². The van der Waals surface area contributed by atoms with Crippen molar-refractivity contribution in [2.75, 3.05) is 20.1 Å². The number of nitrogens with one attached hydrogen (secondary N) is 1. The molecule has 1 N–H and O–H groups in total. The van der Waals surface area contributed by atoms with E-state index in [1.807, 2.05) is 24.1 Å². The van der Waals surface area contributed by atoms with Crippen LogP contribution < -0.4 is 5.32 Å². The molecule has 4 nitrogen and oxygen atoms in total. The highest BCUT2D eigenvalue weighted by Crippen LogP contribution is 2.33. The van der Waals surface area contributed by atoms with Gasteiger partial charge >= 0.3 is 0 Å². The molecule has 1 aliphatic heterocycles. The minimum atomic E-state index is -0.310. The number of pyridine rings is 1. The summed E-state index contributed by atoms with van der Waals surface area (Å²) in [6.07, 6.45) is 5.83. The summed E-state index contributed by atoms with van der Waals surface area (Å²) in [6, 6.07) is 3.91. The molecular formula is C16H25N3O. The normalized spacial score (nSPS) is 19.6. The van der Waals surface area contributed by atoms with Crippen LogP contribution in [-0.2, 0) is 11.3 Å². The lowest BCUT2D eigenvalue weighted by Gasteiger charge is -2.38. The van der Waals surface area contributed by atoms with Gasteiger partial charge in [0.25, 0.3) is 0 Å². The third-order valence-electron chi connectivity index (χ3n) is 4.38. The molecule has 2 rings (SSSR count). The molecule has 1 amide bonds.